The number of hydrogen-bond donors (Lipinski definition) is 1. The second-order valence-electron chi connectivity index (χ2n) is 3.94. The van der Waals surface area contributed by atoms with Crippen molar-refractivity contribution < 1.29 is 0 Å². The topological polar surface area (TPSA) is 24.9 Å². The molecule has 1 heterocycles. The zero-order chi connectivity index (χ0) is 11.4. The summed E-state index contributed by atoms with van der Waals surface area (Å²) in [5.74, 6) is 0. The molecule has 0 radical (unpaired) electrons. The van der Waals surface area contributed by atoms with Gasteiger partial charge in [0.15, 0.2) is 0 Å². The van der Waals surface area contributed by atoms with Crippen LogP contribution in [0.25, 0.3) is 0 Å². The van der Waals surface area contributed by atoms with Crippen molar-refractivity contribution in [3.63, 3.8) is 0 Å². The van der Waals surface area contributed by atoms with Crippen LogP contribution in [0.2, 0.25) is 0 Å². The second kappa shape index (κ2) is 4.79. The molecule has 0 unspecified atom stereocenters. The standard InChI is InChI=1S/C14H16N2/c1-11-6-3-4-8-13(11)16-10-14-12(2)7-5-9-15-14/h3-9,16H,10H2,1-2H3. The molecule has 0 fully saturated rings. The number of para-hydroxylation sites is 1. The first-order valence-electron chi connectivity index (χ1n) is 5.47. The van der Waals surface area contributed by atoms with Gasteiger partial charge >= 0.3 is 0 Å². The molecule has 16 heavy (non-hydrogen) atoms. The molecule has 0 aliphatic heterocycles. The fraction of sp³-hybridized carbons (Fsp3) is 0.214. The number of benzene rings is 1. The Morgan fingerprint density at radius 2 is 1.75 bits per heavy atom. The van der Waals surface area contributed by atoms with Gasteiger partial charge in [0.05, 0.1) is 12.2 Å². The van der Waals surface area contributed by atoms with Crippen LogP contribution in [0.5, 0.6) is 0 Å². The van der Waals surface area contributed by atoms with Crippen LogP contribution in [-0.2, 0) is 6.54 Å². The minimum Gasteiger partial charge on any atom is -0.379 e. The number of nitrogens with one attached hydrogen (secondary N) is 1. The quantitative estimate of drug-likeness (QED) is 0.844. The Labute approximate surface area is 96.4 Å². The summed E-state index contributed by atoms with van der Waals surface area (Å²) in [6, 6.07) is 12.3. The summed E-state index contributed by atoms with van der Waals surface area (Å²) in [5, 5.41) is 3.41. The van der Waals surface area contributed by atoms with Crippen molar-refractivity contribution in [3.8, 4) is 0 Å². The Morgan fingerprint density at radius 1 is 1.00 bits per heavy atom. The van der Waals surface area contributed by atoms with E-state index in [1.54, 1.807) is 0 Å². The fourth-order valence-electron chi connectivity index (χ4n) is 1.65. The maximum absolute atomic E-state index is 4.36. The largest absolute Gasteiger partial charge is 0.379 e. The molecule has 0 amide bonds. The van der Waals surface area contributed by atoms with Gasteiger partial charge in [-0.1, -0.05) is 24.3 Å². The van der Waals surface area contributed by atoms with Crippen molar-refractivity contribution in [2.45, 2.75) is 20.4 Å². The third-order valence-electron chi connectivity index (χ3n) is 2.71. The van der Waals surface area contributed by atoms with Gasteiger partial charge in [-0.05, 0) is 37.1 Å². The molecule has 0 saturated carbocycles. The molecule has 2 heteroatoms. The highest BCUT2D eigenvalue weighted by Crippen LogP contribution is 2.14. The number of aryl methyl sites for hydroxylation is 2. The lowest BCUT2D eigenvalue weighted by atomic mass is 10.2. The molecular weight excluding hydrogens is 196 g/mol. The molecule has 1 aromatic heterocycles. The monoisotopic (exact) mass is 212 g/mol. The van der Waals surface area contributed by atoms with Crippen LogP contribution < -0.4 is 5.32 Å². The SMILES string of the molecule is Cc1ccccc1NCc1ncccc1C. The van der Waals surface area contributed by atoms with Crippen molar-refractivity contribution in [1.29, 1.82) is 0 Å². The average Bonchev–Trinajstić information content (AvgIpc) is 2.30. The van der Waals surface area contributed by atoms with E-state index in [9.17, 15) is 0 Å². The summed E-state index contributed by atoms with van der Waals surface area (Å²) in [5.41, 5.74) is 4.76. The van der Waals surface area contributed by atoms with E-state index in [4.69, 9.17) is 0 Å². The van der Waals surface area contributed by atoms with Crippen LogP contribution in [0.15, 0.2) is 42.6 Å². The highest BCUT2D eigenvalue weighted by Gasteiger charge is 1.99. The van der Waals surface area contributed by atoms with Crippen molar-refractivity contribution >= 4 is 5.69 Å². The lowest BCUT2D eigenvalue weighted by Crippen LogP contribution is -2.04. The molecule has 2 aromatic rings. The molecule has 82 valence electrons. The van der Waals surface area contributed by atoms with Crippen LogP contribution in [-0.4, -0.2) is 4.98 Å². The number of rotatable bonds is 3. The minimum atomic E-state index is 0.775. The van der Waals surface area contributed by atoms with Crippen molar-refractivity contribution in [1.82, 2.24) is 4.98 Å². The Hall–Kier alpha value is -1.83. The third kappa shape index (κ3) is 2.40. The van der Waals surface area contributed by atoms with E-state index in [2.05, 4.69) is 42.3 Å². The van der Waals surface area contributed by atoms with Gasteiger partial charge in [0, 0.05) is 11.9 Å². The van der Waals surface area contributed by atoms with E-state index in [1.165, 1.54) is 16.8 Å². The van der Waals surface area contributed by atoms with E-state index < -0.39 is 0 Å². The Kier molecular flexibility index (Phi) is 3.20. The summed E-state index contributed by atoms with van der Waals surface area (Å²) in [4.78, 5) is 4.36. The Bertz CT molecular complexity index is 432. The number of hydrogen-bond acceptors (Lipinski definition) is 2. The lowest BCUT2D eigenvalue weighted by molar-refractivity contribution is 1.02. The van der Waals surface area contributed by atoms with Gasteiger partial charge in [-0.15, -0.1) is 0 Å². The molecule has 0 aliphatic rings. The van der Waals surface area contributed by atoms with Crippen LogP contribution in [0.3, 0.4) is 0 Å². The minimum absolute atomic E-state index is 0.775. The Morgan fingerprint density at radius 3 is 2.50 bits per heavy atom. The lowest BCUT2D eigenvalue weighted by Gasteiger charge is -2.10. The Balaban J connectivity index is 2.09. The van der Waals surface area contributed by atoms with E-state index >= 15 is 0 Å². The third-order valence-corrected chi connectivity index (χ3v) is 2.71. The average molecular weight is 212 g/mol. The summed E-state index contributed by atoms with van der Waals surface area (Å²) < 4.78 is 0. The smallest absolute Gasteiger partial charge is 0.0623 e. The normalized spacial score (nSPS) is 10.1. The first kappa shape index (κ1) is 10.7. The summed E-state index contributed by atoms with van der Waals surface area (Å²) >= 11 is 0. The van der Waals surface area contributed by atoms with Gasteiger partial charge < -0.3 is 5.32 Å². The van der Waals surface area contributed by atoms with Gasteiger partial charge in [-0.2, -0.15) is 0 Å². The predicted octanol–water partition coefficient (Wildman–Crippen LogP) is 3.31. The van der Waals surface area contributed by atoms with E-state index in [0.717, 1.165) is 12.2 Å². The zero-order valence-corrected chi connectivity index (χ0v) is 9.70. The molecule has 0 spiro atoms. The van der Waals surface area contributed by atoms with Crippen LogP contribution in [0.1, 0.15) is 16.8 Å². The number of aromatic nitrogens is 1. The van der Waals surface area contributed by atoms with Gasteiger partial charge in [0.25, 0.3) is 0 Å². The molecular formula is C14H16N2. The summed E-state index contributed by atoms with van der Waals surface area (Å²) in [7, 11) is 0. The highest BCUT2D eigenvalue weighted by atomic mass is 14.9. The van der Waals surface area contributed by atoms with Crippen LogP contribution in [0, 0.1) is 13.8 Å². The molecule has 0 aliphatic carbocycles. The zero-order valence-electron chi connectivity index (χ0n) is 9.70. The first-order valence-corrected chi connectivity index (χ1v) is 5.47. The molecule has 1 N–H and O–H groups in total. The van der Waals surface area contributed by atoms with E-state index in [1.807, 2.05) is 24.4 Å². The van der Waals surface area contributed by atoms with Crippen LogP contribution in [0.4, 0.5) is 5.69 Å². The first-order chi connectivity index (χ1) is 7.77. The predicted molar refractivity (Wildman–Crippen MR) is 67.5 cm³/mol. The van der Waals surface area contributed by atoms with Crippen LogP contribution >= 0.6 is 0 Å². The van der Waals surface area contributed by atoms with Gasteiger partial charge in [0.2, 0.25) is 0 Å². The maximum Gasteiger partial charge on any atom is 0.0623 e. The fourth-order valence-corrected chi connectivity index (χ4v) is 1.65. The molecule has 0 bridgehead atoms. The van der Waals surface area contributed by atoms with E-state index in [-0.39, 0.29) is 0 Å². The summed E-state index contributed by atoms with van der Waals surface area (Å²) in [6.07, 6.45) is 1.84. The van der Waals surface area contributed by atoms with Gasteiger partial charge in [-0.3, -0.25) is 4.98 Å². The van der Waals surface area contributed by atoms with Gasteiger partial charge in [0.1, 0.15) is 0 Å². The van der Waals surface area contributed by atoms with E-state index in [0.29, 0.717) is 0 Å². The maximum atomic E-state index is 4.36. The second-order valence-corrected chi connectivity index (χ2v) is 3.94. The molecule has 2 rings (SSSR count). The molecule has 2 nitrogen and oxygen atoms in total. The molecule has 0 atom stereocenters. The summed E-state index contributed by atoms with van der Waals surface area (Å²) in [6.45, 7) is 4.97. The van der Waals surface area contributed by atoms with Crippen molar-refractivity contribution in [2.75, 3.05) is 5.32 Å². The molecule has 0 saturated heterocycles. The number of nitrogens with zero attached hydrogens (tertiary/aromatic N) is 1. The highest BCUT2D eigenvalue weighted by molar-refractivity contribution is 5.50. The van der Waals surface area contributed by atoms with Crippen molar-refractivity contribution in [3.05, 3.63) is 59.4 Å². The molecule has 1 aromatic carbocycles. The van der Waals surface area contributed by atoms with Crippen molar-refractivity contribution in [2.24, 2.45) is 0 Å². The number of anilines is 1. The van der Waals surface area contributed by atoms with Gasteiger partial charge in [-0.25, -0.2) is 0 Å². The number of pyridine rings is 1.